The van der Waals surface area contributed by atoms with E-state index in [1.54, 1.807) is 36.4 Å². The average Bonchev–Trinajstić information content (AvgIpc) is 3.35. The Kier molecular flexibility index (Phi) is 5.98. The summed E-state index contributed by atoms with van der Waals surface area (Å²) in [6.45, 7) is 1.87. The molecular formula is C23H19FN6O2. The van der Waals surface area contributed by atoms with Crippen molar-refractivity contribution in [2.45, 2.75) is 13.0 Å². The van der Waals surface area contributed by atoms with Crippen molar-refractivity contribution in [3.63, 3.8) is 0 Å². The van der Waals surface area contributed by atoms with Gasteiger partial charge in [0.05, 0.1) is 11.7 Å². The van der Waals surface area contributed by atoms with Gasteiger partial charge in [-0.05, 0) is 77.5 Å². The maximum Gasteiger partial charge on any atom is 0.255 e. The summed E-state index contributed by atoms with van der Waals surface area (Å²) in [7, 11) is 0. The zero-order valence-corrected chi connectivity index (χ0v) is 17.1. The van der Waals surface area contributed by atoms with Gasteiger partial charge in [-0.25, -0.2) is 9.07 Å². The van der Waals surface area contributed by atoms with Gasteiger partial charge in [0.25, 0.3) is 11.8 Å². The number of aromatic nitrogens is 4. The predicted molar refractivity (Wildman–Crippen MR) is 116 cm³/mol. The normalized spacial score (nSPS) is 11.6. The van der Waals surface area contributed by atoms with Gasteiger partial charge in [0.1, 0.15) is 12.1 Å². The molecule has 2 amide bonds. The van der Waals surface area contributed by atoms with Crippen molar-refractivity contribution in [2.75, 3.05) is 5.32 Å². The first-order chi connectivity index (χ1) is 15.5. The summed E-state index contributed by atoms with van der Waals surface area (Å²) in [6, 6.07) is 19.2. The Bertz CT molecular complexity index is 1220. The molecule has 0 aliphatic rings. The van der Waals surface area contributed by atoms with Crippen LogP contribution in [0.15, 0.2) is 79.1 Å². The summed E-state index contributed by atoms with van der Waals surface area (Å²) in [5.41, 5.74) is 2.98. The van der Waals surface area contributed by atoms with Crippen LogP contribution in [0.25, 0.3) is 5.69 Å². The molecule has 8 nitrogen and oxygen atoms in total. The summed E-state index contributed by atoms with van der Waals surface area (Å²) in [5.74, 6) is -0.966. The third-order valence-electron chi connectivity index (χ3n) is 4.84. The number of anilines is 1. The molecule has 1 atom stereocenters. The molecule has 1 heterocycles. The van der Waals surface area contributed by atoms with Crippen LogP contribution in [0.5, 0.6) is 0 Å². The van der Waals surface area contributed by atoms with Gasteiger partial charge in [-0.2, -0.15) is 0 Å². The first-order valence-corrected chi connectivity index (χ1v) is 9.81. The van der Waals surface area contributed by atoms with Gasteiger partial charge in [-0.1, -0.05) is 18.2 Å². The minimum atomic E-state index is -0.399. The van der Waals surface area contributed by atoms with Crippen LogP contribution in [0, 0.1) is 5.82 Å². The van der Waals surface area contributed by atoms with Crippen LogP contribution in [0.3, 0.4) is 0 Å². The smallest absolute Gasteiger partial charge is 0.255 e. The summed E-state index contributed by atoms with van der Waals surface area (Å²) < 4.78 is 14.5. The quantitative estimate of drug-likeness (QED) is 0.487. The Morgan fingerprint density at radius 2 is 1.69 bits per heavy atom. The fraction of sp³-hybridized carbons (Fsp3) is 0.0870. The van der Waals surface area contributed by atoms with E-state index in [1.165, 1.54) is 35.3 Å². The number of nitrogens with zero attached hydrogens (tertiary/aromatic N) is 4. The van der Waals surface area contributed by atoms with E-state index in [0.717, 1.165) is 5.56 Å². The first kappa shape index (κ1) is 20.9. The maximum atomic E-state index is 13.0. The monoisotopic (exact) mass is 430 g/mol. The number of tetrazole rings is 1. The number of carbonyl (C=O) groups excluding carboxylic acids is 2. The van der Waals surface area contributed by atoms with Crippen LogP contribution in [0.4, 0.5) is 10.1 Å². The predicted octanol–water partition coefficient (Wildman–Crippen LogP) is 3.54. The van der Waals surface area contributed by atoms with Crippen LogP contribution in [0.1, 0.15) is 39.2 Å². The molecule has 0 aliphatic carbocycles. The first-order valence-electron chi connectivity index (χ1n) is 9.81. The molecule has 1 unspecified atom stereocenters. The van der Waals surface area contributed by atoms with Crippen LogP contribution >= 0.6 is 0 Å². The number of carbonyl (C=O) groups is 2. The number of rotatable bonds is 6. The fourth-order valence-electron chi connectivity index (χ4n) is 3.09. The summed E-state index contributed by atoms with van der Waals surface area (Å²) in [5, 5.41) is 16.7. The summed E-state index contributed by atoms with van der Waals surface area (Å²) >= 11 is 0. The Morgan fingerprint density at radius 1 is 0.938 bits per heavy atom. The van der Waals surface area contributed by atoms with E-state index < -0.39 is 5.82 Å². The van der Waals surface area contributed by atoms with Gasteiger partial charge < -0.3 is 10.6 Å². The average molecular weight is 430 g/mol. The SMILES string of the molecule is CC(NC(=O)c1cccc(-n2cnnn2)c1)c1ccc(NC(=O)c2ccc(F)cc2)cc1. The van der Waals surface area contributed by atoms with E-state index in [2.05, 4.69) is 26.2 Å². The maximum absolute atomic E-state index is 13.0. The van der Waals surface area contributed by atoms with Crippen molar-refractivity contribution in [1.29, 1.82) is 0 Å². The van der Waals surface area contributed by atoms with Crippen molar-refractivity contribution in [3.05, 3.63) is 102 Å². The highest BCUT2D eigenvalue weighted by atomic mass is 19.1. The molecule has 9 heteroatoms. The van der Waals surface area contributed by atoms with E-state index >= 15 is 0 Å². The van der Waals surface area contributed by atoms with Crippen molar-refractivity contribution < 1.29 is 14.0 Å². The van der Waals surface area contributed by atoms with Crippen LogP contribution in [-0.2, 0) is 0 Å². The molecule has 0 saturated carbocycles. The molecule has 0 fully saturated rings. The van der Waals surface area contributed by atoms with E-state index in [1.807, 2.05) is 19.1 Å². The van der Waals surface area contributed by atoms with Gasteiger partial charge in [0, 0.05) is 16.8 Å². The molecule has 2 N–H and O–H groups in total. The molecule has 1 aromatic heterocycles. The Balaban J connectivity index is 1.39. The highest BCUT2D eigenvalue weighted by Gasteiger charge is 2.13. The number of halogens is 1. The lowest BCUT2D eigenvalue weighted by Gasteiger charge is -2.15. The Labute approximate surface area is 183 Å². The van der Waals surface area contributed by atoms with Crippen molar-refractivity contribution in [3.8, 4) is 5.69 Å². The number of hydrogen-bond acceptors (Lipinski definition) is 5. The lowest BCUT2D eigenvalue weighted by molar-refractivity contribution is 0.0939. The Morgan fingerprint density at radius 3 is 2.38 bits per heavy atom. The lowest BCUT2D eigenvalue weighted by Crippen LogP contribution is -2.26. The molecule has 0 aliphatic heterocycles. The molecule has 0 spiro atoms. The molecule has 0 radical (unpaired) electrons. The second kappa shape index (κ2) is 9.17. The Hall–Kier alpha value is -4.40. The minimum Gasteiger partial charge on any atom is -0.346 e. The van der Waals surface area contributed by atoms with Crippen LogP contribution in [-0.4, -0.2) is 32.0 Å². The van der Waals surface area contributed by atoms with Crippen LogP contribution in [0.2, 0.25) is 0 Å². The van der Waals surface area contributed by atoms with E-state index in [9.17, 15) is 14.0 Å². The molecule has 4 aromatic rings. The van der Waals surface area contributed by atoms with Crippen molar-refractivity contribution in [1.82, 2.24) is 25.5 Å². The second-order valence-electron chi connectivity index (χ2n) is 7.08. The highest BCUT2D eigenvalue weighted by molar-refractivity contribution is 6.04. The summed E-state index contributed by atoms with van der Waals surface area (Å²) in [4.78, 5) is 24.9. The number of amides is 2. The van der Waals surface area contributed by atoms with Gasteiger partial charge in [-0.3, -0.25) is 9.59 Å². The third-order valence-corrected chi connectivity index (χ3v) is 4.84. The fourth-order valence-corrected chi connectivity index (χ4v) is 3.09. The zero-order chi connectivity index (χ0) is 22.5. The zero-order valence-electron chi connectivity index (χ0n) is 17.1. The van der Waals surface area contributed by atoms with E-state index in [0.29, 0.717) is 22.5 Å². The number of hydrogen-bond donors (Lipinski definition) is 2. The van der Waals surface area contributed by atoms with Gasteiger partial charge >= 0.3 is 0 Å². The van der Waals surface area contributed by atoms with Crippen molar-refractivity contribution >= 4 is 17.5 Å². The second-order valence-corrected chi connectivity index (χ2v) is 7.08. The molecule has 0 saturated heterocycles. The number of benzene rings is 3. The van der Waals surface area contributed by atoms with E-state index in [-0.39, 0.29) is 17.9 Å². The molecule has 32 heavy (non-hydrogen) atoms. The van der Waals surface area contributed by atoms with Crippen LogP contribution < -0.4 is 10.6 Å². The van der Waals surface area contributed by atoms with Crippen molar-refractivity contribution in [2.24, 2.45) is 0 Å². The highest BCUT2D eigenvalue weighted by Crippen LogP contribution is 2.18. The topological polar surface area (TPSA) is 102 Å². The summed E-state index contributed by atoms with van der Waals surface area (Å²) in [6.07, 6.45) is 1.45. The standard InChI is InChI=1S/C23H19FN6O2/c1-15(26-23(32)18-3-2-4-21(13-18)30-14-25-28-29-30)16-7-11-20(12-8-16)27-22(31)17-5-9-19(24)10-6-17/h2-15H,1H3,(H,26,32)(H,27,31). The largest absolute Gasteiger partial charge is 0.346 e. The van der Waals surface area contributed by atoms with E-state index in [4.69, 9.17) is 0 Å². The minimum absolute atomic E-state index is 0.235. The molecule has 0 bridgehead atoms. The van der Waals surface area contributed by atoms with Gasteiger partial charge in [0.2, 0.25) is 0 Å². The molecule has 4 rings (SSSR count). The molecule has 160 valence electrons. The molecular weight excluding hydrogens is 411 g/mol. The lowest BCUT2D eigenvalue weighted by atomic mass is 10.1. The van der Waals surface area contributed by atoms with Gasteiger partial charge in [-0.15, -0.1) is 5.10 Å². The third kappa shape index (κ3) is 4.84. The number of nitrogens with one attached hydrogen (secondary N) is 2. The van der Waals surface area contributed by atoms with Gasteiger partial charge in [0.15, 0.2) is 0 Å². The molecule has 3 aromatic carbocycles.